The van der Waals surface area contributed by atoms with Gasteiger partial charge in [-0.25, -0.2) is 9.29 Å². The summed E-state index contributed by atoms with van der Waals surface area (Å²) < 4.78 is 23.6. The van der Waals surface area contributed by atoms with Gasteiger partial charge in [-0.2, -0.15) is 0 Å². The molecule has 0 aromatic heterocycles. The van der Waals surface area contributed by atoms with E-state index in [1.54, 1.807) is 55.6 Å². The minimum atomic E-state index is -0.509. The van der Waals surface area contributed by atoms with E-state index < -0.39 is 17.6 Å². The van der Waals surface area contributed by atoms with E-state index in [1.165, 1.54) is 31.4 Å². The number of imide groups is 1. The molecule has 6 nitrogen and oxygen atoms in total. The average Bonchev–Trinajstić information content (AvgIpc) is 3.04. The van der Waals surface area contributed by atoms with Gasteiger partial charge in [0.05, 0.1) is 25.5 Å². The predicted molar refractivity (Wildman–Crippen MR) is 115 cm³/mol. The van der Waals surface area contributed by atoms with Crippen molar-refractivity contribution in [3.05, 3.63) is 89.9 Å². The van der Waals surface area contributed by atoms with Crippen LogP contribution in [-0.4, -0.2) is 26.0 Å². The van der Waals surface area contributed by atoms with E-state index in [-0.39, 0.29) is 11.3 Å². The summed E-state index contributed by atoms with van der Waals surface area (Å²) >= 11 is 0. The highest BCUT2D eigenvalue weighted by Crippen LogP contribution is 2.34. The van der Waals surface area contributed by atoms with Crippen molar-refractivity contribution in [1.82, 2.24) is 0 Å². The predicted octanol–water partition coefficient (Wildman–Crippen LogP) is 4.24. The van der Waals surface area contributed by atoms with Crippen molar-refractivity contribution in [2.75, 3.05) is 24.4 Å². The van der Waals surface area contributed by atoms with E-state index in [1.807, 2.05) is 0 Å². The molecule has 0 bridgehead atoms. The lowest BCUT2D eigenvalue weighted by Gasteiger charge is -2.16. The maximum absolute atomic E-state index is 13.4. The molecule has 3 aromatic carbocycles. The SMILES string of the molecule is COc1ccc(C2=C(Nc3ccc(F)cc3)C(=O)N(c3ccc(OC)cc3)C2=O)cc1. The fourth-order valence-electron chi connectivity index (χ4n) is 3.31. The number of methoxy groups -OCH3 is 2. The average molecular weight is 418 g/mol. The summed E-state index contributed by atoms with van der Waals surface area (Å²) in [4.78, 5) is 27.8. The first-order valence-corrected chi connectivity index (χ1v) is 9.46. The van der Waals surface area contributed by atoms with Crippen molar-refractivity contribution < 1.29 is 23.5 Å². The molecule has 1 heterocycles. The van der Waals surface area contributed by atoms with Crippen molar-refractivity contribution in [2.45, 2.75) is 0 Å². The largest absolute Gasteiger partial charge is 0.497 e. The van der Waals surface area contributed by atoms with Crippen LogP contribution in [0.25, 0.3) is 5.57 Å². The standard InChI is InChI=1S/C24H19FN2O4/c1-30-19-11-3-15(4-12-19)21-22(26-17-7-5-16(25)6-8-17)24(29)27(23(21)28)18-9-13-20(31-2)14-10-18/h3-14,26H,1-2H3. The number of hydrogen-bond acceptors (Lipinski definition) is 5. The number of anilines is 2. The number of carbonyl (C=O) groups is 2. The third-order valence-corrected chi connectivity index (χ3v) is 4.91. The highest BCUT2D eigenvalue weighted by molar-refractivity contribution is 6.46. The van der Waals surface area contributed by atoms with Gasteiger partial charge in [0.2, 0.25) is 0 Å². The molecule has 1 aliphatic heterocycles. The fourth-order valence-corrected chi connectivity index (χ4v) is 3.31. The van der Waals surface area contributed by atoms with Crippen molar-refractivity contribution >= 4 is 28.8 Å². The van der Waals surface area contributed by atoms with Crippen molar-refractivity contribution in [3.63, 3.8) is 0 Å². The van der Waals surface area contributed by atoms with Crippen LogP contribution in [0, 0.1) is 5.82 Å². The number of rotatable bonds is 6. The number of amides is 2. The molecule has 0 saturated carbocycles. The summed E-state index contributed by atoms with van der Waals surface area (Å²) in [7, 11) is 3.08. The normalized spacial score (nSPS) is 13.6. The number of ether oxygens (including phenoxy) is 2. The first-order valence-electron chi connectivity index (χ1n) is 9.46. The molecular weight excluding hydrogens is 399 g/mol. The smallest absolute Gasteiger partial charge is 0.282 e. The summed E-state index contributed by atoms with van der Waals surface area (Å²) in [6.45, 7) is 0. The molecule has 2 amide bonds. The van der Waals surface area contributed by atoms with Crippen LogP contribution in [0.15, 0.2) is 78.5 Å². The Morgan fingerprint density at radius 2 is 1.29 bits per heavy atom. The molecule has 0 unspecified atom stereocenters. The van der Waals surface area contributed by atoms with Gasteiger partial charge in [0, 0.05) is 5.69 Å². The number of hydrogen-bond donors (Lipinski definition) is 1. The lowest BCUT2D eigenvalue weighted by Crippen LogP contribution is -2.32. The Bertz CT molecular complexity index is 1150. The zero-order valence-corrected chi connectivity index (χ0v) is 16.9. The maximum Gasteiger partial charge on any atom is 0.282 e. The van der Waals surface area contributed by atoms with Crippen LogP contribution in [0.2, 0.25) is 0 Å². The summed E-state index contributed by atoms with van der Waals surface area (Å²) in [6, 6.07) is 19.0. The Kier molecular flexibility index (Phi) is 5.41. The number of nitrogens with zero attached hydrogens (tertiary/aromatic N) is 1. The number of carbonyl (C=O) groups excluding carboxylic acids is 2. The molecular formula is C24H19FN2O4. The Hall–Kier alpha value is -4.13. The topological polar surface area (TPSA) is 67.9 Å². The lowest BCUT2D eigenvalue weighted by atomic mass is 10.0. The van der Waals surface area contributed by atoms with Gasteiger partial charge in [-0.05, 0) is 66.2 Å². The van der Waals surface area contributed by atoms with E-state index in [0.717, 1.165) is 4.90 Å². The van der Waals surface area contributed by atoms with E-state index in [2.05, 4.69) is 5.32 Å². The Balaban J connectivity index is 1.78. The van der Waals surface area contributed by atoms with Crippen LogP contribution in [0.3, 0.4) is 0 Å². The second-order valence-electron chi connectivity index (χ2n) is 6.75. The van der Waals surface area contributed by atoms with E-state index in [9.17, 15) is 14.0 Å². The quantitative estimate of drug-likeness (QED) is 0.607. The second kappa shape index (κ2) is 8.31. The fraction of sp³-hybridized carbons (Fsp3) is 0.0833. The molecule has 0 fully saturated rings. The van der Waals surface area contributed by atoms with Crippen molar-refractivity contribution in [3.8, 4) is 11.5 Å². The van der Waals surface area contributed by atoms with Gasteiger partial charge < -0.3 is 14.8 Å². The second-order valence-corrected chi connectivity index (χ2v) is 6.75. The zero-order valence-electron chi connectivity index (χ0n) is 16.9. The third kappa shape index (κ3) is 3.85. The van der Waals surface area contributed by atoms with Crippen molar-refractivity contribution in [1.29, 1.82) is 0 Å². The molecule has 156 valence electrons. The Morgan fingerprint density at radius 1 is 0.742 bits per heavy atom. The molecule has 7 heteroatoms. The molecule has 0 aliphatic carbocycles. The van der Waals surface area contributed by atoms with Gasteiger partial charge in [-0.15, -0.1) is 0 Å². The monoisotopic (exact) mass is 418 g/mol. The van der Waals surface area contributed by atoms with Crippen LogP contribution in [-0.2, 0) is 9.59 Å². The first-order chi connectivity index (χ1) is 15.0. The molecule has 1 aliphatic rings. The zero-order chi connectivity index (χ0) is 22.0. The molecule has 0 spiro atoms. The van der Waals surface area contributed by atoms with E-state index in [0.29, 0.717) is 28.4 Å². The summed E-state index contributed by atoms with van der Waals surface area (Å²) in [5.74, 6) is -0.143. The van der Waals surface area contributed by atoms with Gasteiger partial charge in [0.15, 0.2) is 0 Å². The summed E-state index contributed by atoms with van der Waals surface area (Å²) in [5, 5.41) is 2.99. The van der Waals surface area contributed by atoms with Gasteiger partial charge in [-0.3, -0.25) is 9.59 Å². The van der Waals surface area contributed by atoms with Gasteiger partial charge in [0.25, 0.3) is 11.8 Å². The van der Waals surface area contributed by atoms with Crippen LogP contribution in [0.4, 0.5) is 15.8 Å². The first kappa shape index (κ1) is 20.2. The minimum absolute atomic E-state index is 0.109. The molecule has 3 aromatic rings. The lowest BCUT2D eigenvalue weighted by molar-refractivity contribution is -0.120. The van der Waals surface area contributed by atoms with Crippen LogP contribution in [0.1, 0.15) is 5.56 Å². The molecule has 0 radical (unpaired) electrons. The molecule has 0 saturated heterocycles. The highest BCUT2D eigenvalue weighted by atomic mass is 19.1. The molecule has 31 heavy (non-hydrogen) atoms. The Labute approximate surface area is 178 Å². The number of nitrogens with one attached hydrogen (secondary N) is 1. The summed E-state index contributed by atoms with van der Waals surface area (Å²) in [6.07, 6.45) is 0. The van der Waals surface area contributed by atoms with Crippen molar-refractivity contribution in [2.24, 2.45) is 0 Å². The number of halogens is 1. The molecule has 0 atom stereocenters. The van der Waals surface area contributed by atoms with Crippen LogP contribution in [0.5, 0.6) is 11.5 Å². The minimum Gasteiger partial charge on any atom is -0.497 e. The third-order valence-electron chi connectivity index (χ3n) is 4.91. The molecule has 4 rings (SSSR count). The number of benzene rings is 3. The molecule has 1 N–H and O–H groups in total. The highest BCUT2D eigenvalue weighted by Gasteiger charge is 2.40. The maximum atomic E-state index is 13.4. The van der Waals surface area contributed by atoms with Crippen LogP contribution >= 0.6 is 0 Å². The van der Waals surface area contributed by atoms with Gasteiger partial charge >= 0.3 is 0 Å². The van der Waals surface area contributed by atoms with E-state index in [4.69, 9.17) is 9.47 Å². The Morgan fingerprint density at radius 3 is 1.84 bits per heavy atom. The van der Waals surface area contributed by atoms with Gasteiger partial charge in [-0.1, -0.05) is 12.1 Å². The summed E-state index contributed by atoms with van der Waals surface area (Å²) in [5.41, 5.74) is 1.78. The van der Waals surface area contributed by atoms with Gasteiger partial charge in [0.1, 0.15) is 23.0 Å². The van der Waals surface area contributed by atoms with Crippen LogP contribution < -0.4 is 19.7 Å². The van der Waals surface area contributed by atoms with E-state index >= 15 is 0 Å².